The number of likely N-dealkylation sites (tertiary alicyclic amines) is 1. The van der Waals surface area contributed by atoms with Gasteiger partial charge in [-0.1, -0.05) is 11.6 Å². The Morgan fingerprint density at radius 2 is 1.94 bits per heavy atom. The number of pyridine rings is 1. The summed E-state index contributed by atoms with van der Waals surface area (Å²) in [5.74, 6) is -0.364. The maximum Gasteiger partial charge on any atom is 0.254 e. The van der Waals surface area contributed by atoms with Crippen LogP contribution in [0.4, 0.5) is 4.39 Å². The predicted molar refractivity (Wildman–Crippen MR) is 118 cm³/mol. The van der Waals surface area contributed by atoms with E-state index in [0.29, 0.717) is 31.7 Å². The van der Waals surface area contributed by atoms with E-state index in [1.54, 1.807) is 18.0 Å². The molecule has 3 rings (SSSR count). The van der Waals surface area contributed by atoms with Gasteiger partial charge in [0.15, 0.2) is 0 Å². The third-order valence-corrected chi connectivity index (χ3v) is 7.15. The normalized spacial score (nSPS) is 15.1. The van der Waals surface area contributed by atoms with Crippen molar-refractivity contribution in [2.75, 3.05) is 19.6 Å². The molecule has 1 fully saturated rings. The van der Waals surface area contributed by atoms with E-state index < -0.39 is 15.8 Å². The van der Waals surface area contributed by atoms with Crippen molar-refractivity contribution < 1.29 is 22.3 Å². The van der Waals surface area contributed by atoms with Crippen LogP contribution in [0, 0.1) is 12.7 Å². The lowest BCUT2D eigenvalue weighted by Crippen LogP contribution is -2.42. The first-order valence-electron chi connectivity index (χ1n) is 10.1. The summed E-state index contributed by atoms with van der Waals surface area (Å²) in [6.07, 6.45) is 1.11. The van der Waals surface area contributed by atoms with Crippen molar-refractivity contribution in [1.82, 2.24) is 14.2 Å². The molecule has 1 aromatic heterocycles. The second kappa shape index (κ2) is 10.0. The number of halogens is 2. The summed E-state index contributed by atoms with van der Waals surface area (Å²) in [6, 6.07) is 6.36. The standard InChI is InChI=1S/C21H25ClFN3O5S/c1-14-11-16(12-21(28)25(14)2)31-15-6-9-26(10-7-15)20(27)5-8-24-32(29,30)17-3-4-19(23)18(22)13-17/h3-4,11-13,15,24H,5-10H2,1-2H3. The van der Waals surface area contributed by atoms with Crippen LogP contribution in [0.5, 0.6) is 5.75 Å². The molecule has 11 heteroatoms. The molecule has 1 aliphatic heterocycles. The molecule has 1 N–H and O–H groups in total. The van der Waals surface area contributed by atoms with Crippen molar-refractivity contribution in [2.24, 2.45) is 7.05 Å². The molecule has 32 heavy (non-hydrogen) atoms. The van der Waals surface area contributed by atoms with Gasteiger partial charge in [0.2, 0.25) is 15.9 Å². The van der Waals surface area contributed by atoms with E-state index in [1.165, 1.54) is 10.6 Å². The second-order valence-electron chi connectivity index (χ2n) is 7.65. The van der Waals surface area contributed by atoms with Crippen molar-refractivity contribution in [1.29, 1.82) is 0 Å². The van der Waals surface area contributed by atoms with Gasteiger partial charge < -0.3 is 14.2 Å². The number of carbonyl (C=O) groups is 1. The van der Waals surface area contributed by atoms with Gasteiger partial charge in [0.25, 0.3) is 5.56 Å². The summed E-state index contributed by atoms with van der Waals surface area (Å²) in [5.41, 5.74) is 0.656. The van der Waals surface area contributed by atoms with Gasteiger partial charge in [-0.15, -0.1) is 0 Å². The molecule has 2 heterocycles. The fourth-order valence-electron chi connectivity index (χ4n) is 3.40. The Bertz CT molecular complexity index is 1160. The number of nitrogens with one attached hydrogen (secondary N) is 1. The highest BCUT2D eigenvalue weighted by Gasteiger charge is 2.24. The van der Waals surface area contributed by atoms with E-state index in [-0.39, 0.29) is 40.5 Å². The number of benzene rings is 1. The van der Waals surface area contributed by atoms with E-state index >= 15 is 0 Å². The first-order valence-corrected chi connectivity index (χ1v) is 12.0. The number of rotatable bonds is 7. The number of nitrogens with zero attached hydrogens (tertiary/aromatic N) is 2. The summed E-state index contributed by atoms with van der Waals surface area (Å²) in [6.45, 7) is 2.70. The van der Waals surface area contributed by atoms with Gasteiger partial charge in [0, 0.05) is 57.7 Å². The van der Waals surface area contributed by atoms with Crippen LogP contribution in [-0.4, -0.2) is 49.5 Å². The lowest BCUT2D eigenvalue weighted by atomic mass is 10.1. The minimum Gasteiger partial charge on any atom is -0.490 e. The van der Waals surface area contributed by atoms with Crippen molar-refractivity contribution in [3.63, 3.8) is 0 Å². The van der Waals surface area contributed by atoms with Crippen molar-refractivity contribution in [3.8, 4) is 5.75 Å². The molecule has 0 atom stereocenters. The summed E-state index contributed by atoms with van der Waals surface area (Å²) in [4.78, 5) is 25.8. The Hall–Kier alpha value is -2.43. The number of hydrogen-bond acceptors (Lipinski definition) is 5. The Kier molecular flexibility index (Phi) is 7.58. The highest BCUT2D eigenvalue weighted by molar-refractivity contribution is 7.89. The van der Waals surface area contributed by atoms with E-state index in [2.05, 4.69) is 4.72 Å². The smallest absolute Gasteiger partial charge is 0.254 e. The summed E-state index contributed by atoms with van der Waals surface area (Å²) < 4.78 is 47.6. The second-order valence-corrected chi connectivity index (χ2v) is 9.83. The van der Waals surface area contributed by atoms with E-state index in [1.807, 2.05) is 6.92 Å². The lowest BCUT2D eigenvalue weighted by Gasteiger charge is -2.32. The molecule has 1 saturated heterocycles. The third-order valence-electron chi connectivity index (χ3n) is 5.41. The van der Waals surface area contributed by atoms with E-state index in [4.69, 9.17) is 16.3 Å². The predicted octanol–water partition coefficient (Wildman–Crippen LogP) is 2.22. The van der Waals surface area contributed by atoms with Crippen LogP contribution in [0.15, 0.2) is 40.0 Å². The fourth-order valence-corrected chi connectivity index (χ4v) is 4.70. The van der Waals surface area contributed by atoms with Crippen LogP contribution in [0.2, 0.25) is 5.02 Å². The molecular formula is C21H25ClFN3O5S. The Morgan fingerprint density at radius 3 is 2.56 bits per heavy atom. The van der Waals surface area contributed by atoms with Gasteiger partial charge in [-0.05, 0) is 31.2 Å². The molecule has 2 aromatic rings. The largest absolute Gasteiger partial charge is 0.490 e. The van der Waals surface area contributed by atoms with Crippen LogP contribution in [0.1, 0.15) is 25.0 Å². The van der Waals surface area contributed by atoms with Gasteiger partial charge in [0.1, 0.15) is 17.7 Å². The zero-order valence-corrected chi connectivity index (χ0v) is 19.4. The number of hydrogen-bond donors (Lipinski definition) is 1. The highest BCUT2D eigenvalue weighted by Crippen LogP contribution is 2.20. The maximum absolute atomic E-state index is 13.2. The number of amides is 1. The molecule has 0 unspecified atom stereocenters. The number of piperidine rings is 1. The summed E-state index contributed by atoms with van der Waals surface area (Å²) >= 11 is 5.64. The fraction of sp³-hybridized carbons (Fsp3) is 0.429. The van der Waals surface area contributed by atoms with Crippen LogP contribution in [0.3, 0.4) is 0 Å². The lowest BCUT2D eigenvalue weighted by molar-refractivity contribution is -0.132. The van der Waals surface area contributed by atoms with Gasteiger partial charge in [0.05, 0.1) is 9.92 Å². The molecule has 0 bridgehead atoms. The maximum atomic E-state index is 13.2. The molecule has 1 amide bonds. The minimum absolute atomic E-state index is 0.00635. The number of ether oxygens (including phenoxy) is 1. The summed E-state index contributed by atoms with van der Waals surface area (Å²) in [7, 11) is -2.20. The zero-order chi connectivity index (χ0) is 23.5. The quantitative estimate of drug-likeness (QED) is 0.648. The van der Waals surface area contributed by atoms with E-state index in [0.717, 1.165) is 23.9 Å². The van der Waals surface area contributed by atoms with Gasteiger partial charge in [-0.25, -0.2) is 17.5 Å². The number of carbonyl (C=O) groups excluding carboxylic acids is 1. The average molecular weight is 486 g/mol. The molecule has 0 aliphatic carbocycles. The molecule has 0 radical (unpaired) electrons. The SMILES string of the molecule is Cc1cc(OC2CCN(C(=O)CCNS(=O)(=O)c3ccc(F)c(Cl)c3)CC2)cc(=O)n1C. The van der Waals surface area contributed by atoms with E-state index in [9.17, 15) is 22.4 Å². The minimum atomic E-state index is -3.90. The third kappa shape index (κ3) is 5.87. The van der Waals surface area contributed by atoms with Crippen LogP contribution in [-0.2, 0) is 21.9 Å². The monoisotopic (exact) mass is 485 g/mol. The van der Waals surface area contributed by atoms with Crippen molar-refractivity contribution in [2.45, 2.75) is 37.2 Å². The van der Waals surface area contributed by atoms with Gasteiger partial charge in [-0.2, -0.15) is 0 Å². The zero-order valence-electron chi connectivity index (χ0n) is 17.8. The molecule has 1 aliphatic rings. The van der Waals surface area contributed by atoms with Crippen molar-refractivity contribution >= 4 is 27.5 Å². The molecule has 174 valence electrons. The van der Waals surface area contributed by atoms with Crippen molar-refractivity contribution in [3.05, 3.63) is 57.2 Å². The number of aromatic nitrogens is 1. The molecule has 1 aromatic carbocycles. The Balaban J connectivity index is 1.46. The van der Waals surface area contributed by atoms with Crippen LogP contribution < -0.4 is 15.0 Å². The molecule has 8 nitrogen and oxygen atoms in total. The number of sulfonamides is 1. The number of aryl methyl sites for hydroxylation is 1. The Labute approximate surface area is 191 Å². The van der Waals surface area contributed by atoms with Gasteiger partial charge >= 0.3 is 0 Å². The first-order chi connectivity index (χ1) is 15.1. The van der Waals surface area contributed by atoms with Crippen LogP contribution >= 0.6 is 11.6 Å². The molecule has 0 spiro atoms. The first kappa shape index (κ1) is 24.2. The van der Waals surface area contributed by atoms with Gasteiger partial charge in [-0.3, -0.25) is 9.59 Å². The Morgan fingerprint density at radius 1 is 1.25 bits per heavy atom. The highest BCUT2D eigenvalue weighted by atomic mass is 35.5. The average Bonchev–Trinajstić information content (AvgIpc) is 2.74. The van der Waals surface area contributed by atoms with Crippen LogP contribution in [0.25, 0.3) is 0 Å². The summed E-state index contributed by atoms with van der Waals surface area (Å²) in [5, 5.41) is -0.292. The molecular weight excluding hydrogens is 461 g/mol. The topological polar surface area (TPSA) is 97.7 Å². The molecule has 0 saturated carbocycles.